The van der Waals surface area contributed by atoms with Crippen LogP contribution in [-0.2, 0) is 17.1 Å². The van der Waals surface area contributed by atoms with E-state index in [1.807, 2.05) is 0 Å². The lowest BCUT2D eigenvalue weighted by atomic mass is 10.2. The van der Waals surface area contributed by atoms with E-state index in [9.17, 15) is 13.2 Å². The van der Waals surface area contributed by atoms with E-state index in [0.29, 0.717) is 6.54 Å². The number of aromatic nitrogens is 1. The van der Waals surface area contributed by atoms with Gasteiger partial charge in [-0.2, -0.15) is 0 Å². The van der Waals surface area contributed by atoms with Crippen molar-refractivity contribution >= 4 is 16.0 Å². The van der Waals surface area contributed by atoms with Crippen LogP contribution in [0.1, 0.15) is 30.3 Å². The van der Waals surface area contributed by atoms with Gasteiger partial charge >= 0.3 is 5.97 Å². The normalized spacial score (nSPS) is 20.0. The first kappa shape index (κ1) is 16.0. The molecule has 1 saturated heterocycles. The number of nitrogens with zero attached hydrogens (tertiary/aromatic N) is 2. The topological polar surface area (TPSA) is 91.6 Å². The van der Waals surface area contributed by atoms with Crippen molar-refractivity contribution < 1.29 is 18.3 Å². The lowest BCUT2D eigenvalue weighted by Crippen LogP contribution is -2.39. The van der Waals surface area contributed by atoms with Gasteiger partial charge in [0.05, 0.1) is 0 Å². The van der Waals surface area contributed by atoms with Gasteiger partial charge in [-0.25, -0.2) is 17.9 Å². The van der Waals surface area contributed by atoms with Crippen LogP contribution in [0.4, 0.5) is 0 Å². The van der Waals surface area contributed by atoms with Gasteiger partial charge in [-0.1, -0.05) is 6.92 Å². The van der Waals surface area contributed by atoms with Crippen LogP contribution in [0, 0.1) is 0 Å². The van der Waals surface area contributed by atoms with Crippen molar-refractivity contribution in [3.8, 4) is 0 Å². The van der Waals surface area contributed by atoms with Gasteiger partial charge in [0.25, 0.3) is 0 Å². The third-order valence-corrected chi connectivity index (χ3v) is 5.31. The van der Waals surface area contributed by atoms with Crippen LogP contribution in [0.3, 0.4) is 0 Å². The summed E-state index contributed by atoms with van der Waals surface area (Å²) in [6.07, 6.45) is 3.37. The molecule has 1 aromatic heterocycles. The first-order valence-electron chi connectivity index (χ1n) is 6.98. The monoisotopic (exact) mass is 315 g/mol. The van der Waals surface area contributed by atoms with E-state index in [-0.39, 0.29) is 16.6 Å². The van der Waals surface area contributed by atoms with Crippen LogP contribution in [0.2, 0.25) is 0 Å². The molecule has 2 heterocycles. The second kappa shape index (κ2) is 6.17. The van der Waals surface area contributed by atoms with Crippen molar-refractivity contribution in [2.24, 2.45) is 7.05 Å². The number of nitrogens with one attached hydrogen (secondary N) is 1. The SMILES string of the molecule is CCN1CCCC1CNS(=O)(=O)c1cc(C(=O)O)n(C)c1. The molecular weight excluding hydrogens is 294 g/mol. The molecule has 7 nitrogen and oxygen atoms in total. The zero-order valence-corrected chi connectivity index (χ0v) is 13.1. The van der Waals surface area contributed by atoms with E-state index in [0.717, 1.165) is 25.9 Å². The van der Waals surface area contributed by atoms with Crippen LogP contribution in [0.5, 0.6) is 0 Å². The molecule has 118 valence electrons. The number of carboxylic acid groups (broad SMARTS) is 1. The number of likely N-dealkylation sites (N-methyl/N-ethyl adjacent to an activating group) is 1. The number of aryl methyl sites for hydroxylation is 1. The number of aromatic carboxylic acids is 1. The zero-order chi connectivity index (χ0) is 15.6. The third-order valence-electron chi connectivity index (χ3n) is 3.92. The van der Waals surface area contributed by atoms with Crippen molar-refractivity contribution in [3.63, 3.8) is 0 Å². The summed E-state index contributed by atoms with van der Waals surface area (Å²) in [5.41, 5.74) is -0.0496. The Kier molecular flexibility index (Phi) is 4.70. The van der Waals surface area contributed by atoms with Crippen LogP contribution in [0.15, 0.2) is 17.2 Å². The summed E-state index contributed by atoms with van der Waals surface area (Å²) in [5.74, 6) is -1.15. The molecule has 1 aliphatic rings. The van der Waals surface area contributed by atoms with Crippen molar-refractivity contribution in [2.45, 2.75) is 30.7 Å². The van der Waals surface area contributed by atoms with Crippen LogP contribution >= 0.6 is 0 Å². The zero-order valence-electron chi connectivity index (χ0n) is 12.2. The standard InChI is InChI=1S/C13H21N3O4S/c1-3-16-6-4-5-10(16)8-14-21(19,20)11-7-12(13(17)18)15(2)9-11/h7,9-10,14H,3-6,8H2,1-2H3,(H,17,18). The lowest BCUT2D eigenvalue weighted by Gasteiger charge is -2.22. The molecule has 0 radical (unpaired) electrons. The van der Waals surface area contributed by atoms with Gasteiger partial charge < -0.3 is 9.67 Å². The Morgan fingerprint density at radius 2 is 2.24 bits per heavy atom. The Bertz CT molecular complexity index is 623. The fourth-order valence-electron chi connectivity index (χ4n) is 2.73. The molecule has 1 atom stereocenters. The second-order valence-electron chi connectivity index (χ2n) is 5.25. The minimum atomic E-state index is -3.68. The molecule has 0 aliphatic carbocycles. The molecule has 8 heteroatoms. The average molecular weight is 315 g/mol. The van der Waals surface area contributed by atoms with E-state index in [2.05, 4.69) is 16.5 Å². The molecule has 1 aliphatic heterocycles. The quantitative estimate of drug-likeness (QED) is 0.797. The van der Waals surface area contributed by atoms with E-state index in [1.54, 1.807) is 0 Å². The summed E-state index contributed by atoms with van der Waals surface area (Å²) in [7, 11) is -2.16. The maximum Gasteiger partial charge on any atom is 0.352 e. The lowest BCUT2D eigenvalue weighted by molar-refractivity contribution is 0.0686. The summed E-state index contributed by atoms with van der Waals surface area (Å²) >= 11 is 0. The van der Waals surface area contributed by atoms with E-state index >= 15 is 0 Å². The fourth-order valence-corrected chi connectivity index (χ4v) is 3.87. The van der Waals surface area contributed by atoms with Crippen LogP contribution in [0.25, 0.3) is 0 Å². The summed E-state index contributed by atoms with van der Waals surface area (Å²) in [5, 5.41) is 8.97. The van der Waals surface area contributed by atoms with Gasteiger partial charge in [-0.3, -0.25) is 4.90 Å². The summed E-state index contributed by atoms with van der Waals surface area (Å²) in [6, 6.07) is 1.39. The predicted molar refractivity (Wildman–Crippen MR) is 77.8 cm³/mol. The molecule has 0 saturated carbocycles. The minimum Gasteiger partial charge on any atom is -0.477 e. The highest BCUT2D eigenvalue weighted by atomic mass is 32.2. The molecule has 2 N–H and O–H groups in total. The van der Waals surface area contributed by atoms with Crippen molar-refractivity contribution in [2.75, 3.05) is 19.6 Å². The molecular formula is C13H21N3O4S. The van der Waals surface area contributed by atoms with Crippen molar-refractivity contribution in [1.29, 1.82) is 0 Å². The predicted octanol–water partition coefficient (Wildman–Crippen LogP) is 0.486. The number of hydrogen-bond acceptors (Lipinski definition) is 4. The second-order valence-corrected chi connectivity index (χ2v) is 7.02. The summed E-state index contributed by atoms with van der Waals surface area (Å²) in [6.45, 7) is 4.31. The number of carbonyl (C=O) groups is 1. The molecule has 0 bridgehead atoms. The number of rotatable bonds is 6. The maximum atomic E-state index is 12.2. The highest BCUT2D eigenvalue weighted by molar-refractivity contribution is 7.89. The Balaban J connectivity index is 2.08. The van der Waals surface area contributed by atoms with Gasteiger partial charge in [0.2, 0.25) is 10.0 Å². The Labute approximate surface area is 124 Å². The third kappa shape index (κ3) is 3.45. The van der Waals surface area contributed by atoms with Gasteiger partial charge in [-0.05, 0) is 32.0 Å². The average Bonchev–Trinajstić information content (AvgIpc) is 3.02. The molecule has 0 spiro atoms. The van der Waals surface area contributed by atoms with E-state index in [4.69, 9.17) is 5.11 Å². The largest absolute Gasteiger partial charge is 0.477 e. The van der Waals surface area contributed by atoms with Gasteiger partial charge in [0.1, 0.15) is 10.6 Å². The Hall–Kier alpha value is -1.38. The van der Waals surface area contributed by atoms with Crippen LogP contribution < -0.4 is 4.72 Å². The van der Waals surface area contributed by atoms with E-state index < -0.39 is 16.0 Å². The minimum absolute atomic E-state index is 0.0107. The highest BCUT2D eigenvalue weighted by Gasteiger charge is 2.26. The van der Waals surface area contributed by atoms with Crippen molar-refractivity contribution in [3.05, 3.63) is 18.0 Å². The number of likely N-dealkylation sites (tertiary alicyclic amines) is 1. The molecule has 1 unspecified atom stereocenters. The first-order valence-corrected chi connectivity index (χ1v) is 8.47. The van der Waals surface area contributed by atoms with Gasteiger partial charge in [-0.15, -0.1) is 0 Å². The number of hydrogen-bond donors (Lipinski definition) is 2. The van der Waals surface area contributed by atoms with Crippen molar-refractivity contribution in [1.82, 2.24) is 14.2 Å². The Morgan fingerprint density at radius 3 is 2.81 bits per heavy atom. The fraction of sp³-hybridized carbons (Fsp3) is 0.615. The van der Waals surface area contributed by atoms with Gasteiger partial charge in [0, 0.05) is 25.8 Å². The molecule has 21 heavy (non-hydrogen) atoms. The van der Waals surface area contributed by atoms with E-state index in [1.165, 1.54) is 23.9 Å². The molecule has 2 rings (SSSR count). The number of sulfonamides is 1. The first-order chi connectivity index (χ1) is 9.85. The van der Waals surface area contributed by atoms with Crippen LogP contribution in [-0.4, -0.2) is 54.6 Å². The molecule has 0 aromatic carbocycles. The molecule has 1 aromatic rings. The summed E-state index contributed by atoms with van der Waals surface area (Å²) in [4.78, 5) is 13.2. The Morgan fingerprint density at radius 1 is 1.52 bits per heavy atom. The molecule has 1 fully saturated rings. The van der Waals surface area contributed by atoms with Gasteiger partial charge in [0.15, 0.2) is 0 Å². The smallest absolute Gasteiger partial charge is 0.352 e. The molecule has 0 amide bonds. The number of carboxylic acids is 1. The summed E-state index contributed by atoms with van der Waals surface area (Å²) < 4.78 is 28.4. The highest BCUT2D eigenvalue weighted by Crippen LogP contribution is 2.17. The maximum absolute atomic E-state index is 12.2.